The molecule has 0 fully saturated rings. The second-order valence-electron chi connectivity index (χ2n) is 5.48. The molecule has 0 spiro atoms. The predicted octanol–water partition coefficient (Wildman–Crippen LogP) is 4.23. The minimum absolute atomic E-state index is 0.0891. The molecule has 2 rings (SSSR count). The lowest BCUT2D eigenvalue weighted by molar-refractivity contribution is 0.0938. The van der Waals surface area contributed by atoms with E-state index in [4.69, 9.17) is 9.47 Å². The number of nitrogens with one attached hydrogen (secondary N) is 1. The first-order chi connectivity index (χ1) is 11.5. The summed E-state index contributed by atoms with van der Waals surface area (Å²) in [6.45, 7) is 3.88. The maximum absolute atomic E-state index is 12.7. The van der Waals surface area contributed by atoms with Crippen LogP contribution in [-0.4, -0.2) is 26.4 Å². The average molecular weight is 345 g/mol. The molecule has 0 aliphatic rings. The number of benzene rings is 2. The van der Waals surface area contributed by atoms with Crippen molar-refractivity contribution in [1.82, 2.24) is 5.32 Å². The van der Waals surface area contributed by atoms with Gasteiger partial charge in [0.05, 0.1) is 20.3 Å². The smallest absolute Gasteiger partial charge is 0.252 e. The van der Waals surface area contributed by atoms with Crippen LogP contribution in [0.3, 0.4) is 0 Å². The molecule has 128 valence electrons. The van der Waals surface area contributed by atoms with E-state index in [0.717, 1.165) is 21.8 Å². The first-order valence-electron chi connectivity index (χ1n) is 7.67. The van der Waals surface area contributed by atoms with Crippen LogP contribution >= 0.6 is 11.8 Å². The Morgan fingerprint density at radius 1 is 1.12 bits per heavy atom. The van der Waals surface area contributed by atoms with Gasteiger partial charge in [0, 0.05) is 22.1 Å². The van der Waals surface area contributed by atoms with Crippen molar-refractivity contribution in [2.24, 2.45) is 0 Å². The largest absolute Gasteiger partial charge is 0.497 e. The predicted molar refractivity (Wildman–Crippen MR) is 98.4 cm³/mol. The standard InChI is InChI=1S/C19H23NO3S/c1-12-6-8-15(24-5)11-17(12)19(21)20-13(2)16-9-7-14(22-3)10-18(16)23-4/h6-11,13H,1-5H3,(H,20,21). The second kappa shape index (κ2) is 8.11. The summed E-state index contributed by atoms with van der Waals surface area (Å²) in [6.07, 6.45) is 2.00. The van der Waals surface area contributed by atoms with Gasteiger partial charge in [0.1, 0.15) is 11.5 Å². The molecular formula is C19H23NO3S. The highest BCUT2D eigenvalue weighted by Crippen LogP contribution is 2.29. The van der Waals surface area contributed by atoms with Gasteiger partial charge in [-0.1, -0.05) is 6.07 Å². The van der Waals surface area contributed by atoms with Gasteiger partial charge in [-0.3, -0.25) is 4.79 Å². The fourth-order valence-corrected chi connectivity index (χ4v) is 2.94. The highest BCUT2D eigenvalue weighted by molar-refractivity contribution is 7.98. The van der Waals surface area contributed by atoms with E-state index >= 15 is 0 Å². The molecule has 24 heavy (non-hydrogen) atoms. The molecule has 0 saturated heterocycles. The Bertz CT molecular complexity index is 731. The fraction of sp³-hybridized carbons (Fsp3) is 0.316. The highest BCUT2D eigenvalue weighted by Gasteiger charge is 2.17. The van der Waals surface area contributed by atoms with E-state index in [1.165, 1.54) is 0 Å². The first-order valence-corrected chi connectivity index (χ1v) is 8.90. The van der Waals surface area contributed by atoms with Crippen LogP contribution in [0.1, 0.15) is 34.5 Å². The normalized spacial score (nSPS) is 11.7. The van der Waals surface area contributed by atoms with Crippen molar-refractivity contribution in [1.29, 1.82) is 0 Å². The fourth-order valence-electron chi connectivity index (χ4n) is 2.50. The minimum Gasteiger partial charge on any atom is -0.497 e. The third-order valence-corrected chi connectivity index (χ3v) is 4.67. The van der Waals surface area contributed by atoms with Crippen LogP contribution in [0.15, 0.2) is 41.3 Å². The van der Waals surface area contributed by atoms with Crippen LogP contribution in [0.25, 0.3) is 0 Å². The van der Waals surface area contributed by atoms with Crippen molar-refractivity contribution in [3.63, 3.8) is 0 Å². The van der Waals surface area contributed by atoms with Crippen LogP contribution in [0.5, 0.6) is 11.5 Å². The maximum Gasteiger partial charge on any atom is 0.252 e. The number of hydrogen-bond acceptors (Lipinski definition) is 4. The Morgan fingerprint density at radius 2 is 1.88 bits per heavy atom. The summed E-state index contributed by atoms with van der Waals surface area (Å²) in [6, 6.07) is 11.3. The molecule has 4 nitrogen and oxygen atoms in total. The number of hydrogen-bond donors (Lipinski definition) is 1. The number of aryl methyl sites for hydroxylation is 1. The number of ether oxygens (including phenoxy) is 2. The summed E-state index contributed by atoms with van der Waals surface area (Å²) < 4.78 is 10.6. The third kappa shape index (κ3) is 4.03. The van der Waals surface area contributed by atoms with E-state index in [2.05, 4.69) is 5.32 Å². The van der Waals surface area contributed by atoms with Gasteiger partial charge < -0.3 is 14.8 Å². The molecule has 0 aliphatic heterocycles. The lowest BCUT2D eigenvalue weighted by Crippen LogP contribution is -2.27. The summed E-state index contributed by atoms with van der Waals surface area (Å²) in [4.78, 5) is 13.7. The number of methoxy groups -OCH3 is 2. The molecule has 5 heteroatoms. The van der Waals surface area contributed by atoms with Gasteiger partial charge in [-0.15, -0.1) is 11.8 Å². The zero-order valence-corrected chi connectivity index (χ0v) is 15.5. The zero-order valence-electron chi connectivity index (χ0n) is 14.7. The monoisotopic (exact) mass is 345 g/mol. The van der Waals surface area contributed by atoms with Crippen molar-refractivity contribution in [3.05, 3.63) is 53.1 Å². The van der Waals surface area contributed by atoms with E-state index in [0.29, 0.717) is 11.3 Å². The van der Waals surface area contributed by atoms with Crippen LogP contribution < -0.4 is 14.8 Å². The Labute approximate surface area is 147 Å². The molecule has 0 aliphatic carbocycles. The summed E-state index contributed by atoms with van der Waals surface area (Å²) in [5.41, 5.74) is 2.56. The molecule has 2 aromatic carbocycles. The Morgan fingerprint density at radius 3 is 2.50 bits per heavy atom. The molecule has 0 saturated carbocycles. The molecule has 0 aromatic heterocycles. The SMILES string of the molecule is COc1ccc(C(C)NC(=O)c2cc(SC)ccc2C)c(OC)c1. The van der Waals surface area contributed by atoms with E-state index in [9.17, 15) is 4.79 Å². The Hall–Kier alpha value is -2.14. The van der Waals surface area contributed by atoms with Crippen molar-refractivity contribution in [3.8, 4) is 11.5 Å². The van der Waals surface area contributed by atoms with Gasteiger partial charge in [-0.25, -0.2) is 0 Å². The quantitative estimate of drug-likeness (QED) is 0.796. The van der Waals surface area contributed by atoms with Crippen molar-refractivity contribution < 1.29 is 14.3 Å². The van der Waals surface area contributed by atoms with Crippen molar-refractivity contribution in [2.45, 2.75) is 24.8 Å². The van der Waals surface area contributed by atoms with Gasteiger partial charge in [-0.05, 0) is 49.9 Å². The minimum atomic E-state index is -0.185. The summed E-state index contributed by atoms with van der Waals surface area (Å²) in [7, 11) is 3.22. The van der Waals surface area contributed by atoms with Crippen LogP contribution in [0.2, 0.25) is 0 Å². The molecule has 0 bridgehead atoms. The van der Waals surface area contributed by atoms with E-state index in [1.807, 2.05) is 56.5 Å². The summed E-state index contributed by atoms with van der Waals surface area (Å²) in [5.74, 6) is 1.32. The van der Waals surface area contributed by atoms with Gasteiger partial charge in [-0.2, -0.15) is 0 Å². The number of amides is 1. The number of carbonyl (C=O) groups is 1. The van der Waals surface area contributed by atoms with Gasteiger partial charge >= 0.3 is 0 Å². The Balaban J connectivity index is 2.23. The molecular weight excluding hydrogens is 322 g/mol. The average Bonchev–Trinajstić information content (AvgIpc) is 2.61. The van der Waals surface area contributed by atoms with Crippen molar-refractivity contribution >= 4 is 17.7 Å². The van der Waals surface area contributed by atoms with Crippen LogP contribution in [0.4, 0.5) is 0 Å². The lowest BCUT2D eigenvalue weighted by Gasteiger charge is -2.19. The molecule has 1 N–H and O–H groups in total. The zero-order chi connectivity index (χ0) is 17.7. The maximum atomic E-state index is 12.7. The van der Waals surface area contributed by atoms with Gasteiger partial charge in [0.15, 0.2) is 0 Å². The Kier molecular flexibility index (Phi) is 6.15. The molecule has 2 aromatic rings. The first kappa shape index (κ1) is 18.2. The topological polar surface area (TPSA) is 47.6 Å². The summed E-state index contributed by atoms with van der Waals surface area (Å²) >= 11 is 1.62. The lowest BCUT2D eigenvalue weighted by atomic mass is 10.0. The second-order valence-corrected chi connectivity index (χ2v) is 6.36. The number of carbonyl (C=O) groups excluding carboxylic acids is 1. The number of rotatable bonds is 6. The summed E-state index contributed by atoms with van der Waals surface area (Å²) in [5, 5.41) is 3.05. The van der Waals surface area contributed by atoms with Crippen molar-refractivity contribution in [2.75, 3.05) is 20.5 Å². The third-order valence-electron chi connectivity index (χ3n) is 3.94. The molecule has 1 atom stereocenters. The molecule has 0 radical (unpaired) electrons. The van der Waals surface area contributed by atoms with E-state index < -0.39 is 0 Å². The van der Waals surface area contributed by atoms with Gasteiger partial charge in [0.2, 0.25) is 0 Å². The highest BCUT2D eigenvalue weighted by atomic mass is 32.2. The number of thioether (sulfide) groups is 1. The van der Waals surface area contributed by atoms with E-state index in [1.54, 1.807) is 26.0 Å². The van der Waals surface area contributed by atoms with Crippen LogP contribution in [-0.2, 0) is 0 Å². The van der Waals surface area contributed by atoms with Crippen LogP contribution in [0, 0.1) is 6.92 Å². The van der Waals surface area contributed by atoms with Gasteiger partial charge in [0.25, 0.3) is 5.91 Å². The molecule has 1 amide bonds. The molecule has 0 heterocycles. The molecule has 1 unspecified atom stereocenters. The van der Waals surface area contributed by atoms with E-state index in [-0.39, 0.29) is 11.9 Å².